The summed E-state index contributed by atoms with van der Waals surface area (Å²) < 4.78 is 23.3. The molecule has 3 unspecified atom stereocenters. The van der Waals surface area contributed by atoms with Gasteiger partial charge in [-0.2, -0.15) is 0 Å². The van der Waals surface area contributed by atoms with E-state index in [4.69, 9.17) is 9.05 Å². The summed E-state index contributed by atoms with van der Waals surface area (Å²) in [4.78, 5) is 22.8. The van der Waals surface area contributed by atoms with Crippen LogP contribution in [0.1, 0.15) is 149 Å². The van der Waals surface area contributed by atoms with Crippen LogP contribution in [-0.2, 0) is 18.4 Å². The highest BCUT2D eigenvalue weighted by Gasteiger charge is 2.28. The van der Waals surface area contributed by atoms with Crippen molar-refractivity contribution in [3.05, 3.63) is 48.6 Å². The van der Waals surface area contributed by atoms with Gasteiger partial charge in [-0.3, -0.25) is 13.8 Å². The van der Waals surface area contributed by atoms with Gasteiger partial charge in [0.25, 0.3) is 0 Å². The second kappa shape index (κ2) is 32.4. The number of likely N-dealkylation sites (N-methyl/N-ethyl adjacent to an activating group) is 1. The molecule has 0 aliphatic heterocycles. The molecule has 0 bridgehead atoms. The van der Waals surface area contributed by atoms with Crippen LogP contribution in [0.2, 0.25) is 0 Å². The Hall–Kier alpha value is -1.54. The fourth-order valence-electron chi connectivity index (χ4n) is 5.21. The largest absolute Gasteiger partial charge is 0.472 e. The third kappa shape index (κ3) is 34.7. The number of aliphatic hydroxyl groups is 1. The van der Waals surface area contributed by atoms with Crippen LogP contribution in [-0.4, -0.2) is 73.4 Å². The lowest BCUT2D eigenvalue weighted by Crippen LogP contribution is -2.46. The highest BCUT2D eigenvalue weighted by Crippen LogP contribution is 2.43. The van der Waals surface area contributed by atoms with Crippen LogP contribution in [0, 0.1) is 0 Å². The molecular formula is C40H76N2O6P+. The van der Waals surface area contributed by atoms with E-state index in [1.165, 1.54) is 51.4 Å². The maximum Gasteiger partial charge on any atom is 0.472 e. The van der Waals surface area contributed by atoms with Crippen LogP contribution in [0.25, 0.3) is 0 Å². The molecule has 0 spiro atoms. The Morgan fingerprint density at radius 2 is 1.22 bits per heavy atom. The minimum absolute atomic E-state index is 0.0706. The molecule has 0 aliphatic carbocycles. The average molecular weight is 712 g/mol. The molecular weight excluding hydrogens is 635 g/mol. The molecule has 0 aromatic heterocycles. The first kappa shape index (κ1) is 47.5. The van der Waals surface area contributed by atoms with Crippen LogP contribution in [0.15, 0.2) is 48.6 Å². The monoisotopic (exact) mass is 712 g/mol. The van der Waals surface area contributed by atoms with Crippen molar-refractivity contribution in [1.29, 1.82) is 0 Å². The summed E-state index contributed by atoms with van der Waals surface area (Å²) in [5.74, 6) is -0.162. The van der Waals surface area contributed by atoms with E-state index in [9.17, 15) is 19.4 Å². The number of aliphatic hydroxyl groups excluding tert-OH is 1. The van der Waals surface area contributed by atoms with Crippen molar-refractivity contribution < 1.29 is 32.9 Å². The minimum atomic E-state index is -4.29. The SMILES string of the molecule is CC/C=C\C/C=C\C/C=C\C/C=C\CCCCCCCCCCCCC(=O)NC(COP(=O)(O)OCC[N+](C)(C)C)C(O)CCCCCC. The zero-order chi connectivity index (χ0) is 36.5. The molecule has 1 amide bonds. The first-order valence-electron chi connectivity index (χ1n) is 19.5. The van der Waals surface area contributed by atoms with Crippen LogP contribution in [0.4, 0.5) is 0 Å². The summed E-state index contributed by atoms with van der Waals surface area (Å²) in [6, 6.07) is -0.759. The first-order chi connectivity index (χ1) is 23.5. The molecule has 0 saturated carbocycles. The molecule has 8 nitrogen and oxygen atoms in total. The lowest BCUT2D eigenvalue weighted by Gasteiger charge is -2.26. The number of hydrogen-bond acceptors (Lipinski definition) is 5. The Morgan fingerprint density at radius 1 is 0.714 bits per heavy atom. The van der Waals surface area contributed by atoms with Gasteiger partial charge in [-0.25, -0.2) is 4.57 Å². The van der Waals surface area contributed by atoms with E-state index >= 15 is 0 Å². The summed E-state index contributed by atoms with van der Waals surface area (Å²) >= 11 is 0. The smallest absolute Gasteiger partial charge is 0.391 e. The zero-order valence-corrected chi connectivity index (χ0v) is 33.1. The van der Waals surface area contributed by atoms with E-state index in [0.717, 1.165) is 70.6 Å². The van der Waals surface area contributed by atoms with E-state index in [2.05, 4.69) is 67.8 Å². The minimum Gasteiger partial charge on any atom is -0.391 e. The van der Waals surface area contributed by atoms with E-state index in [1.807, 2.05) is 21.1 Å². The number of phosphoric ester groups is 1. The van der Waals surface area contributed by atoms with Crippen LogP contribution < -0.4 is 5.32 Å². The zero-order valence-electron chi connectivity index (χ0n) is 32.2. The van der Waals surface area contributed by atoms with Gasteiger partial charge in [0.1, 0.15) is 13.2 Å². The Bertz CT molecular complexity index is 944. The third-order valence-corrected chi connectivity index (χ3v) is 9.33. The molecule has 0 rings (SSSR count). The molecule has 49 heavy (non-hydrogen) atoms. The van der Waals surface area contributed by atoms with Gasteiger partial charge in [0.05, 0.1) is 39.9 Å². The molecule has 0 aliphatic rings. The molecule has 0 fully saturated rings. The molecule has 0 aromatic carbocycles. The predicted octanol–water partition coefficient (Wildman–Crippen LogP) is 10.1. The van der Waals surface area contributed by atoms with Crippen LogP contribution >= 0.6 is 7.82 Å². The Morgan fingerprint density at radius 3 is 1.78 bits per heavy atom. The Labute approximate surface area is 301 Å². The second-order valence-electron chi connectivity index (χ2n) is 14.3. The van der Waals surface area contributed by atoms with E-state index in [-0.39, 0.29) is 19.1 Å². The van der Waals surface area contributed by atoms with Crippen molar-refractivity contribution in [2.24, 2.45) is 0 Å². The van der Waals surface area contributed by atoms with Gasteiger partial charge in [0.2, 0.25) is 5.91 Å². The van der Waals surface area contributed by atoms with Crippen molar-refractivity contribution in [1.82, 2.24) is 5.32 Å². The number of quaternary nitrogens is 1. The van der Waals surface area contributed by atoms with Gasteiger partial charge >= 0.3 is 7.82 Å². The highest BCUT2D eigenvalue weighted by atomic mass is 31.2. The third-order valence-electron chi connectivity index (χ3n) is 8.34. The normalized spacial score (nSPS) is 15.2. The topological polar surface area (TPSA) is 105 Å². The number of carbonyl (C=O) groups is 1. The first-order valence-corrected chi connectivity index (χ1v) is 21.0. The number of carbonyl (C=O) groups excluding carboxylic acids is 1. The van der Waals surface area contributed by atoms with Crippen molar-refractivity contribution in [2.75, 3.05) is 40.9 Å². The average Bonchev–Trinajstić information content (AvgIpc) is 3.04. The fraction of sp³-hybridized carbons (Fsp3) is 0.775. The quantitative estimate of drug-likeness (QED) is 0.0266. The van der Waals surface area contributed by atoms with Gasteiger partial charge in [-0.15, -0.1) is 0 Å². The fourth-order valence-corrected chi connectivity index (χ4v) is 5.95. The number of hydrogen-bond donors (Lipinski definition) is 3. The maximum atomic E-state index is 12.7. The Balaban J connectivity index is 4.06. The Kier molecular flexibility index (Phi) is 31.4. The number of rotatable bonds is 34. The number of nitrogens with zero attached hydrogens (tertiary/aromatic N) is 1. The molecule has 3 N–H and O–H groups in total. The summed E-state index contributed by atoms with van der Waals surface area (Å²) in [6.07, 6.45) is 39.1. The summed E-state index contributed by atoms with van der Waals surface area (Å²) in [7, 11) is 1.60. The van der Waals surface area contributed by atoms with E-state index in [1.54, 1.807) is 0 Å². The lowest BCUT2D eigenvalue weighted by atomic mass is 10.0. The van der Waals surface area contributed by atoms with Gasteiger partial charge in [0, 0.05) is 6.42 Å². The number of unbranched alkanes of at least 4 members (excludes halogenated alkanes) is 13. The van der Waals surface area contributed by atoms with Gasteiger partial charge in [-0.1, -0.05) is 140 Å². The van der Waals surface area contributed by atoms with Gasteiger partial charge in [-0.05, 0) is 51.4 Å². The van der Waals surface area contributed by atoms with Gasteiger partial charge in [0.15, 0.2) is 0 Å². The predicted molar refractivity (Wildman–Crippen MR) is 207 cm³/mol. The van der Waals surface area contributed by atoms with Crippen molar-refractivity contribution >= 4 is 13.7 Å². The molecule has 286 valence electrons. The molecule has 0 heterocycles. The lowest BCUT2D eigenvalue weighted by molar-refractivity contribution is -0.870. The number of phosphoric acid groups is 1. The maximum absolute atomic E-state index is 12.7. The molecule has 0 aromatic rings. The molecule has 0 saturated heterocycles. The molecule has 3 atom stereocenters. The highest BCUT2D eigenvalue weighted by molar-refractivity contribution is 7.47. The number of allylic oxidation sites excluding steroid dienone is 8. The van der Waals surface area contributed by atoms with E-state index < -0.39 is 20.0 Å². The summed E-state index contributed by atoms with van der Waals surface area (Å²) in [5.41, 5.74) is 0. The standard InChI is InChI=1S/C40H75N2O6P/c1-6-8-10-12-13-14-15-16-17-18-19-20-21-22-23-24-25-26-27-28-29-30-32-34-40(44)41-38(39(43)33-31-11-9-7-2)37-48-49(45,46)47-36-35-42(3,4)5/h8,10,13-14,16-17,19-20,38-39,43H,6-7,9,11-12,15,18,21-37H2,1-5H3,(H-,41,44,45,46)/p+1/b10-8-,14-13-,17-16-,20-19-. The number of amides is 1. The van der Waals surface area contributed by atoms with Crippen LogP contribution in [0.3, 0.4) is 0 Å². The van der Waals surface area contributed by atoms with Crippen LogP contribution in [0.5, 0.6) is 0 Å². The van der Waals surface area contributed by atoms with Crippen molar-refractivity contribution in [3.63, 3.8) is 0 Å². The second-order valence-corrected chi connectivity index (χ2v) is 15.7. The number of nitrogens with one attached hydrogen (secondary N) is 1. The van der Waals surface area contributed by atoms with Gasteiger partial charge < -0.3 is 19.8 Å². The summed E-state index contributed by atoms with van der Waals surface area (Å²) in [6.45, 7) is 4.62. The molecule has 9 heteroatoms. The van der Waals surface area contributed by atoms with Crippen molar-refractivity contribution in [2.45, 2.75) is 161 Å². The van der Waals surface area contributed by atoms with Crippen molar-refractivity contribution in [3.8, 4) is 0 Å². The summed E-state index contributed by atoms with van der Waals surface area (Å²) in [5, 5.41) is 13.6. The van der Waals surface area contributed by atoms with E-state index in [0.29, 0.717) is 23.9 Å². The molecule has 0 radical (unpaired) electrons.